The average molecular weight is 293 g/mol. The molecule has 2 rings (SSSR count). The lowest BCUT2D eigenvalue weighted by atomic mass is 10.3. The molecule has 0 amide bonds. The molecule has 1 aromatic rings. The third-order valence-electron chi connectivity index (χ3n) is 2.87. The maximum atomic E-state index is 12.4. The second-order valence-corrected chi connectivity index (χ2v) is 5.97. The van der Waals surface area contributed by atoms with Crippen LogP contribution in [0.15, 0.2) is 29.2 Å². The number of nitrogens with two attached hydrogens (primary N) is 1. The predicted molar refractivity (Wildman–Crippen MR) is 71.6 cm³/mol. The van der Waals surface area contributed by atoms with Gasteiger partial charge in [0.25, 0.3) is 0 Å². The molecule has 0 aromatic heterocycles. The molecule has 1 fully saturated rings. The number of sulfonamides is 1. The molecule has 0 radical (unpaired) electrons. The predicted octanol–water partition coefficient (Wildman–Crippen LogP) is 0.839. The van der Waals surface area contributed by atoms with Crippen molar-refractivity contribution in [3.8, 4) is 5.75 Å². The summed E-state index contributed by atoms with van der Waals surface area (Å²) in [6.07, 6.45) is 0.703. The van der Waals surface area contributed by atoms with E-state index in [1.807, 2.05) is 0 Å². The number of hydrogen-bond donors (Lipinski definition) is 1. The second-order valence-electron chi connectivity index (χ2n) is 4.06. The van der Waals surface area contributed by atoms with Crippen molar-refractivity contribution in [3.05, 3.63) is 24.3 Å². The Morgan fingerprint density at radius 2 is 2.06 bits per heavy atom. The van der Waals surface area contributed by atoms with E-state index in [9.17, 15) is 8.42 Å². The number of ether oxygens (including phenoxy) is 1. The largest absolute Gasteiger partial charge is 0.495 e. The number of nitrogens with zero attached hydrogens (tertiary/aromatic N) is 1. The van der Waals surface area contributed by atoms with Crippen LogP contribution in [0.1, 0.15) is 6.42 Å². The molecule has 2 N–H and O–H groups in total. The second kappa shape index (κ2) is 5.88. The minimum Gasteiger partial charge on any atom is -0.495 e. The first-order chi connectivity index (χ1) is 8.05. The molecule has 1 aliphatic heterocycles. The van der Waals surface area contributed by atoms with E-state index in [1.165, 1.54) is 11.4 Å². The van der Waals surface area contributed by atoms with Crippen LogP contribution in [0.25, 0.3) is 0 Å². The van der Waals surface area contributed by atoms with E-state index in [0.29, 0.717) is 25.3 Å². The van der Waals surface area contributed by atoms with E-state index in [2.05, 4.69) is 0 Å². The zero-order valence-corrected chi connectivity index (χ0v) is 11.7. The van der Waals surface area contributed by atoms with Gasteiger partial charge in [0, 0.05) is 19.1 Å². The molecule has 0 aliphatic carbocycles. The van der Waals surface area contributed by atoms with Crippen molar-refractivity contribution in [2.75, 3.05) is 20.2 Å². The van der Waals surface area contributed by atoms with E-state index >= 15 is 0 Å². The van der Waals surface area contributed by atoms with Gasteiger partial charge in [-0.3, -0.25) is 0 Å². The van der Waals surface area contributed by atoms with Crippen molar-refractivity contribution in [3.63, 3.8) is 0 Å². The monoisotopic (exact) mass is 292 g/mol. The molecular formula is C11H17ClN2O3S. The van der Waals surface area contributed by atoms with Gasteiger partial charge < -0.3 is 10.5 Å². The fraction of sp³-hybridized carbons (Fsp3) is 0.455. The summed E-state index contributed by atoms with van der Waals surface area (Å²) in [5.74, 6) is 0.368. The average Bonchev–Trinajstić information content (AvgIpc) is 2.76. The first kappa shape index (κ1) is 15.2. The summed E-state index contributed by atoms with van der Waals surface area (Å²) >= 11 is 0. The lowest BCUT2D eigenvalue weighted by Gasteiger charge is -2.17. The molecule has 7 heteroatoms. The minimum absolute atomic E-state index is 0. The molecule has 1 aliphatic rings. The van der Waals surface area contributed by atoms with Gasteiger partial charge in [0.15, 0.2) is 0 Å². The fourth-order valence-electron chi connectivity index (χ4n) is 1.94. The zero-order valence-electron chi connectivity index (χ0n) is 10.1. The van der Waals surface area contributed by atoms with Gasteiger partial charge in [0.2, 0.25) is 10.0 Å². The normalized spacial score (nSPS) is 20.4. The highest BCUT2D eigenvalue weighted by Gasteiger charge is 2.32. The first-order valence-electron chi connectivity index (χ1n) is 5.44. The molecule has 0 bridgehead atoms. The van der Waals surface area contributed by atoms with Crippen LogP contribution in [0.2, 0.25) is 0 Å². The van der Waals surface area contributed by atoms with Gasteiger partial charge in [-0.25, -0.2) is 8.42 Å². The SMILES string of the molecule is COc1ccccc1S(=O)(=O)N1CC[C@H](N)C1.Cl. The Bertz CT molecular complexity index is 507. The minimum atomic E-state index is -3.49. The van der Waals surface area contributed by atoms with Gasteiger partial charge in [-0.1, -0.05) is 12.1 Å². The lowest BCUT2D eigenvalue weighted by Crippen LogP contribution is -2.32. The van der Waals surface area contributed by atoms with Crippen LogP contribution in [0.5, 0.6) is 5.75 Å². The van der Waals surface area contributed by atoms with Crippen LogP contribution in [-0.4, -0.2) is 39.0 Å². The molecular weight excluding hydrogens is 276 g/mol. The Morgan fingerprint density at radius 3 is 2.61 bits per heavy atom. The van der Waals surface area contributed by atoms with Gasteiger partial charge >= 0.3 is 0 Å². The molecule has 0 unspecified atom stereocenters. The summed E-state index contributed by atoms with van der Waals surface area (Å²) in [4.78, 5) is 0.205. The van der Waals surface area contributed by atoms with E-state index in [1.54, 1.807) is 24.3 Å². The van der Waals surface area contributed by atoms with Crippen LogP contribution in [0, 0.1) is 0 Å². The van der Waals surface area contributed by atoms with Gasteiger partial charge in [-0.2, -0.15) is 4.31 Å². The topological polar surface area (TPSA) is 72.6 Å². The fourth-order valence-corrected chi connectivity index (χ4v) is 3.61. The smallest absolute Gasteiger partial charge is 0.246 e. The highest BCUT2D eigenvalue weighted by molar-refractivity contribution is 7.89. The number of halogens is 1. The standard InChI is InChI=1S/C11H16N2O3S.ClH/c1-16-10-4-2-3-5-11(10)17(14,15)13-7-6-9(12)8-13;/h2-5,9H,6-8,12H2,1H3;1H/t9-;/m0./s1. The molecule has 1 atom stereocenters. The number of rotatable bonds is 3. The first-order valence-corrected chi connectivity index (χ1v) is 6.88. The van der Waals surface area contributed by atoms with E-state index in [4.69, 9.17) is 10.5 Å². The summed E-state index contributed by atoms with van der Waals surface area (Å²) in [5, 5.41) is 0. The Balaban J connectivity index is 0.00000162. The number of benzene rings is 1. The summed E-state index contributed by atoms with van der Waals surface area (Å²) in [6, 6.07) is 6.55. The third kappa shape index (κ3) is 2.77. The molecule has 5 nitrogen and oxygen atoms in total. The summed E-state index contributed by atoms with van der Waals surface area (Å²) in [5.41, 5.74) is 5.73. The maximum Gasteiger partial charge on any atom is 0.246 e. The van der Waals surface area contributed by atoms with Gasteiger partial charge in [-0.05, 0) is 18.6 Å². The number of methoxy groups -OCH3 is 1. The van der Waals surface area contributed by atoms with Gasteiger partial charge in [0.05, 0.1) is 7.11 Å². The number of hydrogen-bond acceptors (Lipinski definition) is 4. The highest BCUT2D eigenvalue weighted by atomic mass is 35.5. The van der Waals surface area contributed by atoms with Crippen LogP contribution in [0.3, 0.4) is 0 Å². The highest BCUT2D eigenvalue weighted by Crippen LogP contribution is 2.27. The van der Waals surface area contributed by atoms with Crippen molar-refractivity contribution in [2.24, 2.45) is 5.73 Å². The Kier molecular flexibility index (Phi) is 4.98. The van der Waals surface area contributed by atoms with Crippen molar-refractivity contribution in [1.82, 2.24) is 4.31 Å². The van der Waals surface area contributed by atoms with Crippen molar-refractivity contribution in [2.45, 2.75) is 17.4 Å². The quantitative estimate of drug-likeness (QED) is 0.896. The molecule has 0 saturated carbocycles. The number of para-hydroxylation sites is 1. The summed E-state index contributed by atoms with van der Waals surface area (Å²) in [6.45, 7) is 0.849. The van der Waals surface area contributed by atoms with Crippen LogP contribution in [0.4, 0.5) is 0 Å². The van der Waals surface area contributed by atoms with Crippen LogP contribution < -0.4 is 10.5 Å². The van der Waals surface area contributed by atoms with Crippen molar-refractivity contribution >= 4 is 22.4 Å². The zero-order chi connectivity index (χ0) is 12.5. The molecule has 1 heterocycles. The summed E-state index contributed by atoms with van der Waals surface area (Å²) in [7, 11) is -2.02. The van der Waals surface area contributed by atoms with Crippen LogP contribution in [-0.2, 0) is 10.0 Å². The molecule has 102 valence electrons. The molecule has 18 heavy (non-hydrogen) atoms. The van der Waals surface area contributed by atoms with E-state index in [-0.39, 0.29) is 23.3 Å². The van der Waals surface area contributed by atoms with Gasteiger partial charge in [0.1, 0.15) is 10.6 Å². The van der Waals surface area contributed by atoms with Crippen molar-refractivity contribution in [1.29, 1.82) is 0 Å². The Hall–Kier alpha value is -0.820. The van der Waals surface area contributed by atoms with E-state index < -0.39 is 10.0 Å². The molecule has 1 saturated heterocycles. The molecule has 0 spiro atoms. The molecule has 1 aromatic carbocycles. The van der Waals surface area contributed by atoms with Crippen molar-refractivity contribution < 1.29 is 13.2 Å². The maximum absolute atomic E-state index is 12.4. The summed E-state index contributed by atoms with van der Waals surface area (Å²) < 4.78 is 31.2. The lowest BCUT2D eigenvalue weighted by molar-refractivity contribution is 0.398. The Morgan fingerprint density at radius 1 is 1.39 bits per heavy atom. The third-order valence-corrected chi connectivity index (χ3v) is 4.78. The Labute approximate surface area is 113 Å². The van der Waals surface area contributed by atoms with Crippen LogP contribution >= 0.6 is 12.4 Å². The van der Waals surface area contributed by atoms with E-state index in [0.717, 1.165) is 0 Å². The van der Waals surface area contributed by atoms with Gasteiger partial charge in [-0.15, -0.1) is 12.4 Å².